The lowest BCUT2D eigenvalue weighted by atomic mass is 9.72. The summed E-state index contributed by atoms with van der Waals surface area (Å²) in [5.41, 5.74) is 2.85. The molecule has 164 valence electrons. The van der Waals surface area contributed by atoms with E-state index in [2.05, 4.69) is 18.8 Å². The lowest BCUT2D eigenvalue weighted by Gasteiger charge is -2.37. The maximum absolute atomic E-state index is 12.9. The highest BCUT2D eigenvalue weighted by Gasteiger charge is 2.37. The van der Waals surface area contributed by atoms with Gasteiger partial charge in [-0.3, -0.25) is 9.97 Å². The van der Waals surface area contributed by atoms with Gasteiger partial charge in [0.1, 0.15) is 6.10 Å². The van der Waals surface area contributed by atoms with E-state index in [0.29, 0.717) is 24.1 Å². The van der Waals surface area contributed by atoms with Crippen molar-refractivity contribution in [2.24, 2.45) is 5.41 Å². The fourth-order valence-corrected chi connectivity index (χ4v) is 4.43. The van der Waals surface area contributed by atoms with Gasteiger partial charge < -0.3 is 10.2 Å². The average Bonchev–Trinajstić information content (AvgIpc) is 2.64. The topological polar surface area (TPSA) is 66.2 Å². The average molecular weight is 422 g/mol. The van der Waals surface area contributed by atoms with Crippen LogP contribution < -0.4 is 0 Å². The number of hydrogen-bond donors (Lipinski definition) is 2. The second-order valence-electron chi connectivity index (χ2n) is 9.19. The molecule has 30 heavy (non-hydrogen) atoms. The molecule has 0 radical (unpaired) electrons. The van der Waals surface area contributed by atoms with Gasteiger partial charge in [-0.15, -0.1) is 0 Å². The van der Waals surface area contributed by atoms with Gasteiger partial charge in [0.15, 0.2) is 0 Å². The van der Waals surface area contributed by atoms with E-state index in [1.165, 1.54) is 6.07 Å². The molecule has 0 saturated carbocycles. The molecule has 0 spiro atoms. The summed E-state index contributed by atoms with van der Waals surface area (Å²) in [7, 11) is 0. The molecule has 0 fully saturated rings. The van der Waals surface area contributed by atoms with Crippen molar-refractivity contribution in [3.8, 4) is 0 Å². The van der Waals surface area contributed by atoms with Crippen LogP contribution in [0.1, 0.15) is 98.5 Å². The predicted octanol–water partition coefficient (Wildman–Crippen LogP) is 5.27. The largest absolute Gasteiger partial charge is 0.417 e. The number of aliphatic hydroxyl groups excluding tert-OH is 2. The Morgan fingerprint density at radius 2 is 1.90 bits per heavy atom. The van der Waals surface area contributed by atoms with Crippen LogP contribution in [0.5, 0.6) is 0 Å². The Bertz CT molecular complexity index is 922. The van der Waals surface area contributed by atoms with Crippen molar-refractivity contribution in [3.63, 3.8) is 0 Å². The maximum Gasteiger partial charge on any atom is 0.417 e. The van der Waals surface area contributed by atoms with Crippen molar-refractivity contribution in [2.75, 3.05) is 0 Å². The number of fused-ring (bicyclic) bond motifs is 1. The van der Waals surface area contributed by atoms with Crippen LogP contribution in [0.2, 0.25) is 0 Å². The number of alkyl halides is 3. The number of aromatic nitrogens is 2. The van der Waals surface area contributed by atoms with Crippen LogP contribution in [0.25, 0.3) is 0 Å². The molecule has 0 amide bonds. The van der Waals surface area contributed by atoms with Gasteiger partial charge in [-0.05, 0) is 48.3 Å². The highest BCUT2D eigenvalue weighted by molar-refractivity contribution is 5.48. The van der Waals surface area contributed by atoms with Crippen molar-refractivity contribution in [2.45, 2.75) is 78.2 Å². The first-order valence-electron chi connectivity index (χ1n) is 10.3. The summed E-state index contributed by atoms with van der Waals surface area (Å²) >= 11 is 0. The van der Waals surface area contributed by atoms with Crippen LogP contribution in [0.4, 0.5) is 13.2 Å². The van der Waals surface area contributed by atoms with Gasteiger partial charge in [0.2, 0.25) is 0 Å². The first-order valence-corrected chi connectivity index (χ1v) is 10.3. The minimum absolute atomic E-state index is 0.0121. The van der Waals surface area contributed by atoms with Crippen molar-refractivity contribution < 1.29 is 23.4 Å². The third kappa shape index (κ3) is 4.23. The van der Waals surface area contributed by atoms with Crippen molar-refractivity contribution in [1.29, 1.82) is 0 Å². The molecule has 2 N–H and O–H groups in total. The minimum Gasteiger partial charge on any atom is -0.388 e. The van der Waals surface area contributed by atoms with Crippen molar-refractivity contribution in [1.82, 2.24) is 9.97 Å². The highest BCUT2D eigenvalue weighted by Crippen LogP contribution is 2.45. The number of nitrogens with zero attached hydrogens (tertiary/aromatic N) is 2. The van der Waals surface area contributed by atoms with Crippen LogP contribution in [-0.2, 0) is 19.0 Å². The maximum atomic E-state index is 12.9. The van der Waals surface area contributed by atoms with E-state index in [1.54, 1.807) is 0 Å². The van der Waals surface area contributed by atoms with Crippen LogP contribution in [0.15, 0.2) is 18.3 Å². The van der Waals surface area contributed by atoms with E-state index in [-0.39, 0.29) is 17.0 Å². The summed E-state index contributed by atoms with van der Waals surface area (Å²) in [5, 5.41) is 22.0. The number of halogens is 3. The molecule has 2 aromatic rings. The standard InChI is InChI=1S/C23H29F3N2O2/c1-6-14-18-16(9-22(4,5)10-17(18)29)28-20(12(2)3)19(14)21(30)15-8-7-13(11-27-15)23(24,25)26/h7-8,11-12,17,21,29-30H,6,9-10H2,1-5H3. The normalized spacial score (nSPS) is 19.6. The summed E-state index contributed by atoms with van der Waals surface area (Å²) in [6.07, 6.45) is -3.79. The number of pyridine rings is 2. The van der Waals surface area contributed by atoms with Gasteiger partial charge in [-0.25, -0.2) is 0 Å². The Morgan fingerprint density at radius 3 is 2.40 bits per heavy atom. The van der Waals surface area contributed by atoms with Crippen LogP contribution in [0, 0.1) is 5.41 Å². The van der Waals surface area contributed by atoms with Gasteiger partial charge in [0, 0.05) is 28.7 Å². The summed E-state index contributed by atoms with van der Waals surface area (Å²) in [6, 6.07) is 2.13. The van der Waals surface area contributed by atoms with E-state index >= 15 is 0 Å². The monoisotopic (exact) mass is 422 g/mol. The first kappa shape index (κ1) is 22.7. The third-order valence-corrected chi connectivity index (χ3v) is 5.79. The molecule has 3 rings (SSSR count). The Kier molecular flexibility index (Phi) is 6.00. The van der Waals surface area contributed by atoms with Gasteiger partial charge in [-0.1, -0.05) is 34.6 Å². The quantitative estimate of drug-likeness (QED) is 0.705. The third-order valence-electron chi connectivity index (χ3n) is 5.79. The van der Waals surface area contributed by atoms with Crippen molar-refractivity contribution in [3.05, 3.63) is 57.7 Å². The SMILES string of the molecule is CCc1c2c(nc(C(C)C)c1C(O)c1ccc(C(F)(F)F)cn1)CC(C)(C)CC2O. The molecule has 2 unspecified atom stereocenters. The fourth-order valence-electron chi connectivity index (χ4n) is 4.43. The molecule has 0 saturated heterocycles. The Labute approximate surface area is 175 Å². The number of hydrogen-bond acceptors (Lipinski definition) is 4. The molecule has 2 heterocycles. The highest BCUT2D eigenvalue weighted by atomic mass is 19.4. The molecule has 0 bridgehead atoms. The van der Waals surface area contributed by atoms with E-state index < -0.39 is 23.9 Å². The summed E-state index contributed by atoms with van der Waals surface area (Å²) in [5.74, 6) is -0.0121. The molecular formula is C23H29F3N2O2. The summed E-state index contributed by atoms with van der Waals surface area (Å²) in [4.78, 5) is 8.73. The lowest BCUT2D eigenvalue weighted by Crippen LogP contribution is -2.29. The molecule has 0 aliphatic heterocycles. The van der Waals surface area contributed by atoms with Gasteiger partial charge in [0.25, 0.3) is 0 Å². The van der Waals surface area contributed by atoms with E-state index in [0.717, 1.165) is 35.5 Å². The Morgan fingerprint density at radius 1 is 1.23 bits per heavy atom. The zero-order valence-corrected chi connectivity index (χ0v) is 18.0. The molecule has 1 aliphatic carbocycles. The molecular weight excluding hydrogens is 393 g/mol. The number of rotatable bonds is 4. The van der Waals surface area contributed by atoms with Crippen molar-refractivity contribution >= 4 is 0 Å². The fraction of sp³-hybridized carbons (Fsp3) is 0.565. The minimum atomic E-state index is -4.49. The zero-order valence-electron chi connectivity index (χ0n) is 18.0. The Balaban J connectivity index is 2.17. The zero-order chi connectivity index (χ0) is 22.4. The predicted molar refractivity (Wildman–Crippen MR) is 108 cm³/mol. The Hall–Kier alpha value is -1.99. The second kappa shape index (κ2) is 7.93. The molecule has 4 nitrogen and oxygen atoms in total. The van der Waals surface area contributed by atoms with Crippen LogP contribution in [-0.4, -0.2) is 20.2 Å². The van der Waals surface area contributed by atoms with E-state index in [1.807, 2.05) is 20.8 Å². The molecule has 2 atom stereocenters. The second-order valence-corrected chi connectivity index (χ2v) is 9.19. The molecule has 1 aliphatic rings. The van der Waals surface area contributed by atoms with Gasteiger partial charge in [-0.2, -0.15) is 13.2 Å². The summed E-state index contributed by atoms with van der Waals surface area (Å²) in [6.45, 7) is 10.1. The van der Waals surface area contributed by atoms with E-state index in [4.69, 9.17) is 4.98 Å². The molecule has 0 aromatic carbocycles. The lowest BCUT2D eigenvalue weighted by molar-refractivity contribution is -0.137. The van der Waals surface area contributed by atoms with Crippen LogP contribution in [0.3, 0.4) is 0 Å². The van der Waals surface area contributed by atoms with Gasteiger partial charge in [0.05, 0.1) is 17.4 Å². The number of aliphatic hydroxyl groups is 2. The molecule has 7 heteroatoms. The van der Waals surface area contributed by atoms with E-state index in [9.17, 15) is 23.4 Å². The summed E-state index contributed by atoms with van der Waals surface area (Å²) < 4.78 is 38.7. The molecule has 2 aromatic heterocycles. The first-order chi connectivity index (χ1) is 13.9. The van der Waals surface area contributed by atoms with Gasteiger partial charge >= 0.3 is 6.18 Å². The van der Waals surface area contributed by atoms with Crippen LogP contribution >= 0.6 is 0 Å². The smallest absolute Gasteiger partial charge is 0.388 e.